The Labute approximate surface area is 108 Å². The van der Waals surface area contributed by atoms with Gasteiger partial charge in [0.25, 0.3) is 0 Å². The maximum Gasteiger partial charge on any atom is 0.213 e. The van der Waals surface area contributed by atoms with E-state index in [1.54, 1.807) is 0 Å². The fourth-order valence-electron chi connectivity index (χ4n) is 1.61. The number of hydrogen-bond donors (Lipinski definition) is 0. The highest BCUT2D eigenvalue weighted by Crippen LogP contribution is 2.28. The maximum absolute atomic E-state index is 10.9. The average molecular weight is 294 g/mol. The first-order valence-electron chi connectivity index (χ1n) is 5.34. The van der Waals surface area contributed by atoms with Crippen LogP contribution in [0.3, 0.4) is 0 Å². The van der Waals surface area contributed by atoms with Gasteiger partial charge in [-0.05, 0) is 27.4 Å². The van der Waals surface area contributed by atoms with Gasteiger partial charge in [0.1, 0.15) is 5.69 Å². The van der Waals surface area contributed by atoms with Gasteiger partial charge in [-0.1, -0.05) is 43.3 Å². The number of carbonyl (C=O) groups excluding carboxylic acids is 1. The van der Waals surface area contributed by atoms with E-state index in [-0.39, 0.29) is 0 Å². The zero-order valence-corrected chi connectivity index (χ0v) is 11.2. The van der Waals surface area contributed by atoms with E-state index in [2.05, 4.69) is 34.9 Å². The van der Waals surface area contributed by atoms with E-state index in [0.29, 0.717) is 21.8 Å². The van der Waals surface area contributed by atoms with Crippen LogP contribution in [0.1, 0.15) is 35.7 Å². The van der Waals surface area contributed by atoms with Gasteiger partial charge in [0.05, 0.1) is 5.56 Å². The standard InChI is InChI=1S/C13H12BrNO2/c1-8(2)9-3-5-10(6-4-9)12-11(7-16)13(14)17-15-12/h3-8H,1-2H3. The van der Waals surface area contributed by atoms with Crippen LogP contribution in [0.15, 0.2) is 33.5 Å². The molecule has 1 aromatic heterocycles. The normalized spacial score (nSPS) is 10.8. The molecule has 3 nitrogen and oxygen atoms in total. The molecule has 0 aliphatic heterocycles. The number of aldehydes is 1. The molecule has 4 heteroatoms. The summed E-state index contributed by atoms with van der Waals surface area (Å²) in [7, 11) is 0. The molecule has 0 bridgehead atoms. The van der Waals surface area contributed by atoms with E-state index in [9.17, 15) is 4.79 Å². The Morgan fingerprint density at radius 1 is 1.29 bits per heavy atom. The summed E-state index contributed by atoms with van der Waals surface area (Å²) in [5.41, 5.74) is 3.15. The van der Waals surface area contributed by atoms with Crippen LogP contribution < -0.4 is 0 Å². The molecule has 88 valence electrons. The lowest BCUT2D eigenvalue weighted by atomic mass is 10.00. The van der Waals surface area contributed by atoms with Crippen LogP contribution in [-0.4, -0.2) is 11.4 Å². The molecular weight excluding hydrogens is 282 g/mol. The summed E-state index contributed by atoms with van der Waals surface area (Å²) >= 11 is 3.15. The van der Waals surface area contributed by atoms with Gasteiger partial charge in [0.2, 0.25) is 4.67 Å². The molecule has 2 rings (SSSR count). The van der Waals surface area contributed by atoms with Crippen molar-refractivity contribution in [2.45, 2.75) is 19.8 Å². The van der Waals surface area contributed by atoms with E-state index >= 15 is 0 Å². The number of nitrogens with zero attached hydrogens (tertiary/aromatic N) is 1. The molecule has 0 saturated heterocycles. The summed E-state index contributed by atoms with van der Waals surface area (Å²) in [5, 5.41) is 3.88. The molecule has 0 N–H and O–H groups in total. The van der Waals surface area contributed by atoms with Crippen LogP contribution in [0.4, 0.5) is 0 Å². The maximum atomic E-state index is 10.9. The summed E-state index contributed by atoms with van der Waals surface area (Å²) in [6, 6.07) is 7.98. The Morgan fingerprint density at radius 3 is 2.47 bits per heavy atom. The third-order valence-electron chi connectivity index (χ3n) is 2.65. The molecule has 0 aliphatic carbocycles. The zero-order chi connectivity index (χ0) is 12.4. The van der Waals surface area contributed by atoms with Crippen molar-refractivity contribution in [1.29, 1.82) is 0 Å². The molecule has 0 atom stereocenters. The minimum Gasteiger partial charge on any atom is -0.348 e. The van der Waals surface area contributed by atoms with Crippen molar-refractivity contribution in [3.8, 4) is 11.3 Å². The molecule has 1 aromatic carbocycles. The lowest BCUT2D eigenvalue weighted by Crippen LogP contribution is -1.88. The second-order valence-electron chi connectivity index (χ2n) is 4.11. The largest absolute Gasteiger partial charge is 0.348 e. The summed E-state index contributed by atoms with van der Waals surface area (Å²) in [4.78, 5) is 10.9. The van der Waals surface area contributed by atoms with Gasteiger partial charge in [-0.3, -0.25) is 4.79 Å². The third kappa shape index (κ3) is 2.31. The van der Waals surface area contributed by atoms with Crippen molar-refractivity contribution in [3.63, 3.8) is 0 Å². The van der Waals surface area contributed by atoms with Crippen molar-refractivity contribution < 1.29 is 9.32 Å². The van der Waals surface area contributed by atoms with Crippen LogP contribution in [0.25, 0.3) is 11.3 Å². The van der Waals surface area contributed by atoms with Crippen LogP contribution in [0, 0.1) is 0 Å². The van der Waals surface area contributed by atoms with Crippen LogP contribution >= 0.6 is 15.9 Å². The lowest BCUT2D eigenvalue weighted by molar-refractivity contribution is 0.112. The number of halogens is 1. The Morgan fingerprint density at radius 2 is 1.94 bits per heavy atom. The van der Waals surface area contributed by atoms with Crippen LogP contribution in [0.2, 0.25) is 0 Å². The van der Waals surface area contributed by atoms with Crippen LogP contribution in [0.5, 0.6) is 0 Å². The minimum atomic E-state index is 0.371. The summed E-state index contributed by atoms with van der Waals surface area (Å²) in [6.07, 6.45) is 0.742. The second kappa shape index (κ2) is 4.84. The number of hydrogen-bond acceptors (Lipinski definition) is 3. The summed E-state index contributed by atoms with van der Waals surface area (Å²) < 4.78 is 5.32. The SMILES string of the molecule is CC(C)c1ccc(-c2noc(Br)c2C=O)cc1. The van der Waals surface area contributed by atoms with Crippen LogP contribution in [-0.2, 0) is 0 Å². The van der Waals surface area contributed by atoms with E-state index in [1.807, 2.05) is 24.3 Å². The number of benzene rings is 1. The Hall–Kier alpha value is -1.42. The van der Waals surface area contributed by atoms with E-state index in [4.69, 9.17) is 4.52 Å². The fourth-order valence-corrected chi connectivity index (χ4v) is 1.97. The number of aromatic nitrogens is 1. The van der Waals surface area contributed by atoms with E-state index in [1.165, 1.54) is 5.56 Å². The topological polar surface area (TPSA) is 43.1 Å². The Bertz CT molecular complexity index is 529. The monoisotopic (exact) mass is 293 g/mol. The zero-order valence-electron chi connectivity index (χ0n) is 9.61. The molecule has 0 radical (unpaired) electrons. The molecule has 17 heavy (non-hydrogen) atoms. The van der Waals surface area contributed by atoms with Crippen molar-refractivity contribution in [1.82, 2.24) is 5.16 Å². The molecule has 2 aromatic rings. The molecule has 0 amide bonds. The number of carbonyl (C=O) groups is 1. The Kier molecular flexibility index (Phi) is 3.43. The van der Waals surface area contributed by atoms with Gasteiger partial charge in [-0.25, -0.2) is 0 Å². The number of rotatable bonds is 3. The second-order valence-corrected chi connectivity index (χ2v) is 4.83. The van der Waals surface area contributed by atoms with Gasteiger partial charge in [0.15, 0.2) is 6.29 Å². The molecule has 0 fully saturated rings. The predicted molar refractivity (Wildman–Crippen MR) is 69.1 cm³/mol. The van der Waals surface area contributed by atoms with E-state index in [0.717, 1.165) is 11.8 Å². The fraction of sp³-hybridized carbons (Fsp3) is 0.231. The predicted octanol–water partition coefficient (Wildman–Crippen LogP) is 4.04. The first-order valence-corrected chi connectivity index (χ1v) is 6.13. The van der Waals surface area contributed by atoms with Gasteiger partial charge in [-0.2, -0.15) is 0 Å². The highest BCUT2D eigenvalue weighted by atomic mass is 79.9. The van der Waals surface area contributed by atoms with Gasteiger partial charge in [-0.15, -0.1) is 0 Å². The molecule has 0 saturated carbocycles. The van der Waals surface area contributed by atoms with Crippen molar-refractivity contribution in [3.05, 3.63) is 40.1 Å². The van der Waals surface area contributed by atoms with Crippen molar-refractivity contribution in [2.24, 2.45) is 0 Å². The third-order valence-corrected chi connectivity index (χ3v) is 3.22. The smallest absolute Gasteiger partial charge is 0.213 e. The molecule has 0 aliphatic rings. The highest BCUT2D eigenvalue weighted by Gasteiger charge is 2.14. The van der Waals surface area contributed by atoms with Crippen molar-refractivity contribution in [2.75, 3.05) is 0 Å². The van der Waals surface area contributed by atoms with E-state index < -0.39 is 0 Å². The molecule has 1 heterocycles. The lowest BCUT2D eigenvalue weighted by Gasteiger charge is -2.05. The Balaban J connectivity index is 2.43. The molecule has 0 spiro atoms. The van der Waals surface area contributed by atoms with Gasteiger partial charge >= 0.3 is 0 Å². The highest BCUT2D eigenvalue weighted by molar-refractivity contribution is 9.10. The van der Waals surface area contributed by atoms with Crippen molar-refractivity contribution >= 4 is 22.2 Å². The van der Waals surface area contributed by atoms with Gasteiger partial charge < -0.3 is 4.52 Å². The minimum absolute atomic E-state index is 0.371. The first-order chi connectivity index (χ1) is 8.13. The summed E-state index contributed by atoms with van der Waals surface area (Å²) in [6.45, 7) is 4.27. The first kappa shape index (κ1) is 12.0. The average Bonchev–Trinajstić information content (AvgIpc) is 2.70. The van der Waals surface area contributed by atoms with Gasteiger partial charge in [0, 0.05) is 5.56 Å². The molecular formula is C13H12BrNO2. The molecule has 0 unspecified atom stereocenters. The quantitative estimate of drug-likeness (QED) is 0.802. The summed E-state index contributed by atoms with van der Waals surface area (Å²) in [5.74, 6) is 0.485.